The summed E-state index contributed by atoms with van der Waals surface area (Å²) in [6, 6.07) is 5.40. The van der Waals surface area contributed by atoms with Crippen LogP contribution in [0.1, 0.15) is 41.6 Å². The second-order valence-electron chi connectivity index (χ2n) is 8.46. The third-order valence-electron chi connectivity index (χ3n) is 4.55. The lowest BCUT2D eigenvalue weighted by atomic mass is 10.1. The first kappa shape index (κ1) is 26.4. The molecule has 0 saturated heterocycles. The third kappa shape index (κ3) is 5.90. The molecule has 0 unspecified atom stereocenters. The summed E-state index contributed by atoms with van der Waals surface area (Å²) in [5.74, 6) is -15.2. The zero-order valence-electron chi connectivity index (χ0n) is 19.2. The Labute approximate surface area is 200 Å². The van der Waals surface area contributed by atoms with E-state index >= 15 is 0 Å². The molecule has 13 heteroatoms. The molecular weight excluding hydrogens is 493 g/mol. The van der Waals surface area contributed by atoms with Crippen LogP contribution < -0.4 is 15.4 Å². The first-order valence-corrected chi connectivity index (χ1v) is 10.4. The zero-order valence-corrected chi connectivity index (χ0v) is 19.2. The maximum absolute atomic E-state index is 13.8. The number of ether oxygens (including phenoxy) is 2. The Bertz CT molecular complexity index is 1320. The summed E-state index contributed by atoms with van der Waals surface area (Å²) in [5.41, 5.74) is -0.535. The van der Waals surface area contributed by atoms with E-state index < -0.39 is 58.4 Å². The highest BCUT2D eigenvalue weighted by atomic mass is 19.2. The number of aromatic amines is 1. The summed E-state index contributed by atoms with van der Waals surface area (Å²) >= 11 is 0. The number of aromatic nitrogens is 1. The lowest BCUT2D eigenvalue weighted by molar-refractivity contribution is 0.0526. The molecule has 0 saturated carbocycles. The Morgan fingerprint density at radius 3 is 2.06 bits per heavy atom. The first-order chi connectivity index (χ1) is 16.8. The molecule has 3 N–H and O–H groups in total. The molecule has 0 atom stereocenters. The van der Waals surface area contributed by atoms with Crippen molar-refractivity contribution in [3.05, 3.63) is 64.6 Å². The van der Waals surface area contributed by atoms with Crippen molar-refractivity contribution in [2.45, 2.75) is 26.4 Å². The molecule has 2 aromatic carbocycles. The van der Waals surface area contributed by atoms with Gasteiger partial charge >= 0.3 is 12.1 Å². The molecule has 8 nitrogen and oxygen atoms in total. The second-order valence-corrected chi connectivity index (χ2v) is 8.46. The molecule has 0 aliphatic heterocycles. The van der Waals surface area contributed by atoms with Crippen LogP contribution in [0.2, 0.25) is 0 Å². The van der Waals surface area contributed by atoms with Crippen molar-refractivity contribution >= 4 is 28.9 Å². The number of hydrogen-bond donors (Lipinski definition) is 3. The normalized spacial score (nSPS) is 11.3. The molecular formula is C23H20F5N3O5. The van der Waals surface area contributed by atoms with Gasteiger partial charge in [0.15, 0.2) is 0 Å². The average molecular weight is 513 g/mol. The number of rotatable bonds is 6. The van der Waals surface area contributed by atoms with Crippen molar-refractivity contribution in [2.75, 3.05) is 13.1 Å². The molecule has 3 aromatic rings. The van der Waals surface area contributed by atoms with Crippen molar-refractivity contribution < 1.29 is 45.8 Å². The fourth-order valence-electron chi connectivity index (χ4n) is 2.96. The van der Waals surface area contributed by atoms with Crippen LogP contribution in [0.5, 0.6) is 5.75 Å². The van der Waals surface area contributed by atoms with Crippen LogP contribution in [-0.4, -0.2) is 41.6 Å². The van der Waals surface area contributed by atoms with E-state index in [0.717, 1.165) is 0 Å². The van der Waals surface area contributed by atoms with Crippen LogP contribution in [0, 0.1) is 29.1 Å². The van der Waals surface area contributed by atoms with Gasteiger partial charge < -0.3 is 25.1 Å². The fourth-order valence-corrected chi connectivity index (χ4v) is 2.96. The molecule has 1 aromatic heterocycles. The zero-order chi connectivity index (χ0) is 26.8. The Morgan fingerprint density at radius 2 is 1.44 bits per heavy atom. The van der Waals surface area contributed by atoms with E-state index in [1.54, 1.807) is 20.8 Å². The number of amides is 2. The molecule has 0 bridgehead atoms. The third-order valence-corrected chi connectivity index (χ3v) is 4.55. The van der Waals surface area contributed by atoms with Crippen molar-refractivity contribution in [1.29, 1.82) is 0 Å². The van der Waals surface area contributed by atoms with Crippen molar-refractivity contribution in [3.63, 3.8) is 0 Å². The lowest BCUT2D eigenvalue weighted by Gasteiger charge is -2.19. The van der Waals surface area contributed by atoms with Gasteiger partial charge in [-0.3, -0.25) is 4.79 Å². The summed E-state index contributed by atoms with van der Waals surface area (Å²) in [6.45, 7) is 5.30. The van der Waals surface area contributed by atoms with Crippen molar-refractivity contribution in [2.24, 2.45) is 0 Å². The predicted octanol–water partition coefficient (Wildman–Crippen LogP) is 4.34. The number of carbonyl (C=O) groups is 3. The first-order valence-electron chi connectivity index (χ1n) is 10.4. The van der Waals surface area contributed by atoms with Gasteiger partial charge in [0.2, 0.25) is 34.8 Å². The largest absolute Gasteiger partial charge is 0.444 e. The minimum atomic E-state index is -2.39. The van der Waals surface area contributed by atoms with Gasteiger partial charge in [0, 0.05) is 29.6 Å². The van der Waals surface area contributed by atoms with E-state index in [1.165, 1.54) is 24.3 Å². The number of alkyl carbamates (subject to hydrolysis) is 1. The van der Waals surface area contributed by atoms with Crippen LogP contribution >= 0.6 is 0 Å². The Kier molecular flexibility index (Phi) is 7.51. The quantitative estimate of drug-likeness (QED) is 0.114. The monoisotopic (exact) mass is 513 g/mol. The minimum Gasteiger partial charge on any atom is -0.444 e. The van der Waals surface area contributed by atoms with Crippen LogP contribution in [0.3, 0.4) is 0 Å². The molecule has 1 heterocycles. The summed E-state index contributed by atoms with van der Waals surface area (Å²) < 4.78 is 76.9. The number of H-pyrrole nitrogens is 1. The Morgan fingerprint density at radius 1 is 0.861 bits per heavy atom. The van der Waals surface area contributed by atoms with Gasteiger partial charge in [0.1, 0.15) is 11.3 Å². The van der Waals surface area contributed by atoms with Crippen molar-refractivity contribution in [3.8, 4) is 5.75 Å². The number of esters is 1. The number of carbonyl (C=O) groups excluding carboxylic acids is 3. The Balaban J connectivity index is 1.67. The van der Waals surface area contributed by atoms with Crippen LogP contribution in [0.4, 0.5) is 26.7 Å². The predicted molar refractivity (Wildman–Crippen MR) is 116 cm³/mol. The number of fused-ring (bicyclic) bond motifs is 1. The molecule has 0 spiro atoms. The lowest BCUT2D eigenvalue weighted by Crippen LogP contribution is -2.37. The molecule has 36 heavy (non-hydrogen) atoms. The Hall–Kier alpha value is -4.16. The molecule has 192 valence electrons. The molecule has 0 radical (unpaired) electrons. The fraction of sp³-hybridized carbons (Fsp3) is 0.261. The smallest absolute Gasteiger partial charge is 0.407 e. The van der Waals surface area contributed by atoms with E-state index in [2.05, 4.69) is 20.4 Å². The highest BCUT2D eigenvalue weighted by Crippen LogP contribution is 2.30. The number of benzene rings is 2. The van der Waals surface area contributed by atoms with Gasteiger partial charge in [0.05, 0.1) is 0 Å². The van der Waals surface area contributed by atoms with E-state index in [1.807, 2.05) is 0 Å². The highest BCUT2D eigenvalue weighted by Gasteiger charge is 2.29. The van der Waals surface area contributed by atoms with E-state index in [0.29, 0.717) is 10.9 Å². The van der Waals surface area contributed by atoms with Gasteiger partial charge in [-0.1, -0.05) is 0 Å². The topological polar surface area (TPSA) is 110 Å². The summed E-state index contributed by atoms with van der Waals surface area (Å²) in [5, 5.41) is 5.37. The van der Waals surface area contributed by atoms with Gasteiger partial charge in [-0.15, -0.1) is 0 Å². The van der Waals surface area contributed by atoms with Crippen molar-refractivity contribution in [1.82, 2.24) is 15.6 Å². The maximum atomic E-state index is 13.8. The molecule has 0 fully saturated rings. The van der Waals surface area contributed by atoms with Crippen LogP contribution in [0.15, 0.2) is 24.3 Å². The van der Waals surface area contributed by atoms with E-state index in [9.17, 15) is 36.3 Å². The van der Waals surface area contributed by atoms with E-state index in [-0.39, 0.29) is 24.3 Å². The van der Waals surface area contributed by atoms with Crippen LogP contribution in [0.25, 0.3) is 10.9 Å². The highest BCUT2D eigenvalue weighted by molar-refractivity contribution is 6.00. The summed E-state index contributed by atoms with van der Waals surface area (Å²) in [7, 11) is 0. The summed E-state index contributed by atoms with van der Waals surface area (Å²) in [4.78, 5) is 38.8. The van der Waals surface area contributed by atoms with Gasteiger partial charge in [0.25, 0.3) is 5.91 Å². The number of hydrogen-bond acceptors (Lipinski definition) is 5. The number of nitrogens with one attached hydrogen (secondary N) is 3. The van der Waals surface area contributed by atoms with Gasteiger partial charge in [-0.25, -0.2) is 22.8 Å². The van der Waals surface area contributed by atoms with Crippen LogP contribution in [-0.2, 0) is 4.74 Å². The molecule has 2 amide bonds. The molecule has 3 rings (SSSR count). The number of halogens is 5. The molecule has 0 aliphatic rings. The van der Waals surface area contributed by atoms with Gasteiger partial charge in [-0.2, -0.15) is 8.78 Å². The SMILES string of the molecule is CC(C)(C)OC(=O)NCCNC(=O)c1ccc2[nH]c(C(=O)Oc3c(F)c(F)c(F)c(F)c3F)cc2c1. The average Bonchev–Trinajstić information content (AvgIpc) is 3.24. The van der Waals surface area contributed by atoms with Gasteiger partial charge in [-0.05, 0) is 45.0 Å². The molecule has 0 aliphatic carbocycles. The van der Waals surface area contributed by atoms with E-state index in [4.69, 9.17) is 4.74 Å². The summed E-state index contributed by atoms with van der Waals surface area (Å²) in [6.07, 6.45) is -0.643. The second kappa shape index (κ2) is 10.2. The minimum absolute atomic E-state index is 0.0861. The maximum Gasteiger partial charge on any atom is 0.407 e. The standard InChI is InChI=1S/C23H20F5N3O5/c1-23(2,3)36-22(34)30-7-6-29-20(32)10-4-5-12-11(8-10)9-13(31-12)21(33)35-19-17(27)15(25)14(24)16(26)18(19)28/h4-5,8-9,31H,6-7H2,1-3H3,(H,29,32)(H,30,34).